The number of carbonyl (C=O) groups excluding carboxylic acids is 2. The highest BCUT2D eigenvalue weighted by Crippen LogP contribution is 2.43. The van der Waals surface area contributed by atoms with E-state index in [1.54, 1.807) is 67.6 Å². The van der Waals surface area contributed by atoms with Crippen molar-refractivity contribution >= 4 is 23.7 Å². The molecule has 1 aliphatic rings. The van der Waals surface area contributed by atoms with Gasteiger partial charge in [-0.3, -0.25) is 4.90 Å². The molecule has 0 aromatic heterocycles. The lowest BCUT2D eigenvalue weighted by molar-refractivity contribution is -0.143. The van der Waals surface area contributed by atoms with Crippen LogP contribution in [0.15, 0.2) is 90.0 Å². The smallest absolute Gasteiger partial charge is 0.416 e. The fourth-order valence-corrected chi connectivity index (χ4v) is 5.80. The molecule has 3 atom stereocenters. The second kappa shape index (κ2) is 15.5. The molecule has 1 fully saturated rings. The highest BCUT2D eigenvalue weighted by Gasteiger charge is 2.47. The summed E-state index contributed by atoms with van der Waals surface area (Å²) in [6.07, 6.45) is -9.96. The number of rotatable bonds is 10. The van der Waals surface area contributed by atoms with Crippen molar-refractivity contribution in [2.24, 2.45) is 5.92 Å². The molecular formula is C35H34ClF6NO5. The number of nitrogens with zero attached hydrogens (tertiary/aromatic N) is 1. The molecule has 13 heteroatoms. The highest BCUT2D eigenvalue weighted by atomic mass is 35.5. The van der Waals surface area contributed by atoms with E-state index in [-0.39, 0.29) is 49.4 Å². The summed E-state index contributed by atoms with van der Waals surface area (Å²) in [4.78, 5) is 27.6. The number of ether oxygens (including phenoxy) is 3. The fraction of sp³-hybridized carbons (Fsp3) is 0.371. The number of carbonyl (C=O) groups is 2. The molecule has 258 valence electrons. The van der Waals surface area contributed by atoms with E-state index < -0.39 is 53.1 Å². The Balaban J connectivity index is 1.71. The molecule has 0 spiro atoms. The van der Waals surface area contributed by atoms with E-state index in [1.165, 1.54) is 17.9 Å². The third kappa shape index (κ3) is 9.10. The van der Waals surface area contributed by atoms with Gasteiger partial charge in [-0.15, -0.1) is 0 Å². The maximum absolute atomic E-state index is 13.9. The first-order valence-electron chi connectivity index (χ1n) is 15.1. The topological polar surface area (TPSA) is 65.1 Å². The van der Waals surface area contributed by atoms with Gasteiger partial charge in [0.25, 0.3) is 0 Å². The van der Waals surface area contributed by atoms with E-state index in [4.69, 9.17) is 25.8 Å². The SMILES string of the molecule is CCOC(=O)/C(Cl)=C/C1CCC(CO[C@H](C)c2cc(C(F)(F)F)cc(C(F)(F)F)c2)(c2ccccc2)N(C(=O)OCc2ccccc2)C1. The van der Waals surface area contributed by atoms with Gasteiger partial charge >= 0.3 is 24.4 Å². The van der Waals surface area contributed by atoms with Gasteiger partial charge in [-0.2, -0.15) is 26.3 Å². The van der Waals surface area contributed by atoms with E-state index in [2.05, 4.69) is 0 Å². The van der Waals surface area contributed by atoms with Crippen molar-refractivity contribution in [3.63, 3.8) is 0 Å². The molecule has 1 saturated heterocycles. The number of esters is 1. The summed E-state index contributed by atoms with van der Waals surface area (Å²) >= 11 is 6.23. The maximum atomic E-state index is 13.9. The molecule has 0 aliphatic carbocycles. The number of hydrogen-bond acceptors (Lipinski definition) is 5. The van der Waals surface area contributed by atoms with Crippen LogP contribution in [0.25, 0.3) is 0 Å². The average molecular weight is 698 g/mol. The predicted octanol–water partition coefficient (Wildman–Crippen LogP) is 9.43. The fourth-order valence-electron chi connectivity index (χ4n) is 5.57. The van der Waals surface area contributed by atoms with Gasteiger partial charge in [0, 0.05) is 6.54 Å². The van der Waals surface area contributed by atoms with Crippen LogP contribution in [0.2, 0.25) is 0 Å². The molecule has 3 aromatic rings. The number of hydrogen-bond donors (Lipinski definition) is 0. The molecule has 4 rings (SSSR count). The van der Waals surface area contributed by atoms with Gasteiger partial charge in [-0.05, 0) is 67.5 Å². The van der Waals surface area contributed by atoms with Crippen LogP contribution in [0.5, 0.6) is 0 Å². The van der Waals surface area contributed by atoms with Crippen LogP contribution in [-0.2, 0) is 43.5 Å². The zero-order valence-corrected chi connectivity index (χ0v) is 26.9. The standard InChI is InChI=1S/C35H34ClF6NO5/c1-3-46-31(44)30(36)16-25-14-15-33(27-12-8-5-9-13-27,43(20-25)32(45)47-21-24-10-6-4-7-11-24)22-48-23(2)26-17-28(34(37,38)39)19-29(18-26)35(40,41)42/h4-13,16-19,23,25H,3,14-15,20-22H2,1-2H3/b30-16-/t23-,25?,33?/m1/s1. The Bertz CT molecular complexity index is 1550. The molecule has 1 amide bonds. The second-order valence-electron chi connectivity index (χ2n) is 11.4. The lowest BCUT2D eigenvalue weighted by Crippen LogP contribution is -2.57. The van der Waals surface area contributed by atoms with Crippen LogP contribution in [-0.4, -0.2) is 36.7 Å². The average Bonchev–Trinajstić information content (AvgIpc) is 3.06. The van der Waals surface area contributed by atoms with Gasteiger partial charge in [0.15, 0.2) is 0 Å². The molecule has 6 nitrogen and oxygen atoms in total. The van der Waals surface area contributed by atoms with E-state index in [0.29, 0.717) is 29.7 Å². The molecule has 1 heterocycles. The number of amides is 1. The number of alkyl halides is 6. The Morgan fingerprint density at radius 2 is 1.52 bits per heavy atom. The lowest BCUT2D eigenvalue weighted by Gasteiger charge is -2.49. The molecule has 48 heavy (non-hydrogen) atoms. The Morgan fingerprint density at radius 1 is 0.938 bits per heavy atom. The Labute approximate surface area is 279 Å². The van der Waals surface area contributed by atoms with E-state index in [0.717, 1.165) is 0 Å². The van der Waals surface area contributed by atoms with Gasteiger partial charge < -0.3 is 14.2 Å². The Hall–Kier alpha value is -4.03. The maximum Gasteiger partial charge on any atom is 0.416 e. The van der Waals surface area contributed by atoms with Crippen molar-refractivity contribution in [3.05, 3.63) is 118 Å². The van der Waals surface area contributed by atoms with Crippen LogP contribution in [0.3, 0.4) is 0 Å². The summed E-state index contributed by atoms with van der Waals surface area (Å²) in [5.74, 6) is -1.16. The van der Waals surface area contributed by atoms with Crippen molar-refractivity contribution in [3.8, 4) is 0 Å². The number of piperidine rings is 1. The summed E-state index contributed by atoms with van der Waals surface area (Å²) in [5.41, 5.74) is -3.21. The first kappa shape index (κ1) is 36.8. The third-order valence-electron chi connectivity index (χ3n) is 8.10. The monoisotopic (exact) mass is 697 g/mol. The van der Waals surface area contributed by atoms with Crippen molar-refractivity contribution in [1.82, 2.24) is 4.90 Å². The molecule has 2 unspecified atom stereocenters. The molecule has 0 radical (unpaired) electrons. The number of likely N-dealkylation sites (tertiary alicyclic amines) is 1. The first-order chi connectivity index (χ1) is 22.6. The quantitative estimate of drug-likeness (QED) is 0.120. The van der Waals surface area contributed by atoms with Gasteiger partial charge in [0.2, 0.25) is 0 Å². The molecule has 3 aromatic carbocycles. The summed E-state index contributed by atoms with van der Waals surface area (Å²) in [5, 5.41) is -0.165. The van der Waals surface area contributed by atoms with Crippen LogP contribution in [0.1, 0.15) is 60.6 Å². The zero-order valence-electron chi connectivity index (χ0n) is 26.1. The van der Waals surface area contributed by atoms with Crippen LogP contribution < -0.4 is 0 Å². The summed E-state index contributed by atoms with van der Waals surface area (Å²) in [6.45, 7) is 2.70. The first-order valence-corrected chi connectivity index (χ1v) is 15.5. The van der Waals surface area contributed by atoms with Crippen LogP contribution in [0.4, 0.5) is 31.1 Å². The Kier molecular flexibility index (Phi) is 11.9. The lowest BCUT2D eigenvalue weighted by atomic mass is 9.77. The van der Waals surface area contributed by atoms with Gasteiger partial charge in [-0.1, -0.05) is 78.3 Å². The summed E-state index contributed by atoms with van der Waals surface area (Å²) in [7, 11) is 0. The molecule has 1 aliphatic heterocycles. The highest BCUT2D eigenvalue weighted by molar-refractivity contribution is 6.41. The Morgan fingerprint density at radius 3 is 2.08 bits per heavy atom. The minimum absolute atomic E-state index is 0.00232. The molecular weight excluding hydrogens is 664 g/mol. The zero-order chi connectivity index (χ0) is 35.1. The van der Waals surface area contributed by atoms with E-state index in [1.807, 2.05) is 0 Å². The van der Waals surface area contributed by atoms with Crippen LogP contribution in [0, 0.1) is 5.92 Å². The number of halogens is 7. The molecule has 0 N–H and O–H groups in total. The number of benzene rings is 3. The normalized spacial score (nSPS) is 19.5. The summed E-state index contributed by atoms with van der Waals surface area (Å²) in [6, 6.07) is 18.9. The second-order valence-corrected chi connectivity index (χ2v) is 11.8. The van der Waals surface area contributed by atoms with Gasteiger partial charge in [0.1, 0.15) is 11.6 Å². The van der Waals surface area contributed by atoms with Crippen molar-refractivity contribution in [2.45, 2.75) is 57.3 Å². The molecule has 0 bridgehead atoms. The minimum Gasteiger partial charge on any atom is -0.462 e. The van der Waals surface area contributed by atoms with E-state index in [9.17, 15) is 35.9 Å². The van der Waals surface area contributed by atoms with Gasteiger partial charge in [0.05, 0.1) is 36.0 Å². The summed E-state index contributed by atoms with van der Waals surface area (Å²) < 4.78 is 98.4. The van der Waals surface area contributed by atoms with E-state index >= 15 is 0 Å². The third-order valence-corrected chi connectivity index (χ3v) is 8.38. The largest absolute Gasteiger partial charge is 0.462 e. The van der Waals surface area contributed by atoms with Crippen molar-refractivity contribution in [1.29, 1.82) is 0 Å². The molecule has 0 saturated carbocycles. The van der Waals surface area contributed by atoms with Crippen LogP contribution >= 0.6 is 11.6 Å². The predicted molar refractivity (Wildman–Crippen MR) is 166 cm³/mol. The van der Waals surface area contributed by atoms with Crippen molar-refractivity contribution in [2.75, 3.05) is 19.8 Å². The minimum atomic E-state index is -5.03. The van der Waals surface area contributed by atoms with Gasteiger partial charge in [-0.25, -0.2) is 9.59 Å². The van der Waals surface area contributed by atoms with Crippen molar-refractivity contribution < 1.29 is 50.1 Å².